The molecule has 3 heteroatoms. The Hall–Kier alpha value is -2.39. The molecule has 120 valence electrons. The van der Waals surface area contributed by atoms with E-state index in [-0.39, 0.29) is 11.3 Å². The highest BCUT2D eigenvalue weighted by atomic mass is 32.1. The molecule has 0 atom stereocenters. The van der Waals surface area contributed by atoms with Gasteiger partial charge in [0, 0.05) is 17.5 Å². The average molecular weight is 333 g/mol. The molecule has 1 aliphatic carbocycles. The summed E-state index contributed by atoms with van der Waals surface area (Å²) < 4.78 is 0. The highest BCUT2D eigenvalue weighted by Gasteiger charge is 2.44. The first-order valence-electron chi connectivity index (χ1n) is 8.25. The summed E-state index contributed by atoms with van der Waals surface area (Å²) in [5.41, 5.74) is 3.58. The SMILES string of the molecule is O=C(NCC1(c2ccccc2)CC1)c1sccc1-c1ccccc1. The fourth-order valence-corrected chi connectivity index (χ4v) is 4.00. The van der Waals surface area contributed by atoms with E-state index in [2.05, 4.69) is 29.6 Å². The standard InChI is InChI=1S/C21H19NOS/c23-20(19-18(11-14-24-19)16-7-3-1-4-8-16)22-15-21(12-13-21)17-9-5-2-6-10-17/h1-11,14H,12-13,15H2,(H,22,23). The molecule has 24 heavy (non-hydrogen) atoms. The van der Waals surface area contributed by atoms with Crippen LogP contribution in [0.4, 0.5) is 0 Å². The van der Waals surface area contributed by atoms with Crippen LogP contribution in [0, 0.1) is 0 Å². The lowest BCUT2D eigenvalue weighted by atomic mass is 9.96. The molecule has 1 saturated carbocycles. The van der Waals surface area contributed by atoms with Crippen LogP contribution in [0.25, 0.3) is 11.1 Å². The second kappa shape index (κ2) is 6.25. The van der Waals surface area contributed by atoms with Gasteiger partial charge in [-0.3, -0.25) is 4.79 Å². The summed E-state index contributed by atoms with van der Waals surface area (Å²) in [4.78, 5) is 13.5. The van der Waals surface area contributed by atoms with Gasteiger partial charge in [0.05, 0.1) is 4.88 Å². The summed E-state index contributed by atoms with van der Waals surface area (Å²) in [5, 5.41) is 5.16. The predicted octanol–water partition coefficient (Wildman–Crippen LogP) is 4.88. The lowest BCUT2D eigenvalue weighted by Gasteiger charge is -2.16. The lowest BCUT2D eigenvalue weighted by molar-refractivity contribution is 0.0954. The van der Waals surface area contributed by atoms with Crippen molar-refractivity contribution < 1.29 is 4.79 Å². The van der Waals surface area contributed by atoms with Gasteiger partial charge in [0.2, 0.25) is 0 Å². The van der Waals surface area contributed by atoms with Crippen molar-refractivity contribution in [2.45, 2.75) is 18.3 Å². The lowest BCUT2D eigenvalue weighted by Crippen LogP contribution is -2.32. The molecular formula is C21H19NOS. The molecule has 3 aromatic rings. The maximum atomic E-state index is 12.7. The van der Waals surface area contributed by atoms with E-state index in [1.54, 1.807) is 0 Å². The Morgan fingerprint density at radius 1 is 0.958 bits per heavy atom. The van der Waals surface area contributed by atoms with Crippen LogP contribution in [-0.4, -0.2) is 12.5 Å². The summed E-state index contributed by atoms with van der Waals surface area (Å²) in [6.45, 7) is 0.710. The highest BCUT2D eigenvalue weighted by molar-refractivity contribution is 7.12. The second-order valence-corrected chi connectivity index (χ2v) is 7.27. The molecule has 1 N–H and O–H groups in total. The molecule has 0 spiro atoms. The number of thiophene rings is 1. The number of hydrogen-bond donors (Lipinski definition) is 1. The molecular weight excluding hydrogens is 314 g/mol. The van der Waals surface area contributed by atoms with Gasteiger partial charge in [-0.1, -0.05) is 60.7 Å². The molecule has 1 aromatic heterocycles. The van der Waals surface area contributed by atoms with Crippen LogP contribution in [0.1, 0.15) is 28.1 Å². The van der Waals surface area contributed by atoms with Gasteiger partial charge in [0.1, 0.15) is 0 Å². The first kappa shape index (κ1) is 15.2. The Labute approximate surface area is 146 Å². The summed E-state index contributed by atoms with van der Waals surface area (Å²) in [5.74, 6) is 0.0334. The van der Waals surface area contributed by atoms with Gasteiger partial charge in [-0.05, 0) is 35.4 Å². The van der Waals surface area contributed by atoms with Crippen molar-refractivity contribution >= 4 is 17.2 Å². The summed E-state index contributed by atoms with van der Waals surface area (Å²) in [6.07, 6.45) is 2.29. The van der Waals surface area contributed by atoms with Crippen molar-refractivity contribution in [3.8, 4) is 11.1 Å². The molecule has 0 saturated heterocycles. The van der Waals surface area contributed by atoms with Gasteiger partial charge >= 0.3 is 0 Å². The predicted molar refractivity (Wildman–Crippen MR) is 99.4 cm³/mol. The molecule has 0 radical (unpaired) electrons. The van der Waals surface area contributed by atoms with Crippen molar-refractivity contribution in [3.63, 3.8) is 0 Å². The molecule has 4 rings (SSSR count). The van der Waals surface area contributed by atoms with Gasteiger partial charge in [-0.15, -0.1) is 11.3 Å². The third-order valence-corrected chi connectivity index (χ3v) is 5.70. The van der Waals surface area contributed by atoms with Crippen molar-refractivity contribution in [2.24, 2.45) is 0 Å². The van der Waals surface area contributed by atoms with E-state index < -0.39 is 0 Å². The van der Waals surface area contributed by atoms with Crippen LogP contribution in [-0.2, 0) is 5.41 Å². The van der Waals surface area contributed by atoms with E-state index in [4.69, 9.17) is 0 Å². The Bertz CT molecular complexity index is 835. The third-order valence-electron chi connectivity index (χ3n) is 4.78. The quantitative estimate of drug-likeness (QED) is 0.708. The topological polar surface area (TPSA) is 29.1 Å². The molecule has 1 amide bonds. The van der Waals surface area contributed by atoms with E-state index in [0.717, 1.165) is 28.8 Å². The maximum Gasteiger partial charge on any atom is 0.262 e. The minimum absolute atomic E-state index is 0.0334. The minimum atomic E-state index is 0.0334. The Kier molecular flexibility index (Phi) is 3.95. The zero-order valence-electron chi connectivity index (χ0n) is 13.4. The second-order valence-electron chi connectivity index (χ2n) is 6.36. The van der Waals surface area contributed by atoms with Crippen molar-refractivity contribution in [1.29, 1.82) is 0 Å². The van der Waals surface area contributed by atoms with Crippen molar-refractivity contribution in [1.82, 2.24) is 5.32 Å². The number of carbonyl (C=O) groups is 1. The van der Waals surface area contributed by atoms with Crippen LogP contribution < -0.4 is 5.32 Å². The summed E-state index contributed by atoms with van der Waals surface area (Å²) in [7, 11) is 0. The molecule has 2 aromatic carbocycles. The van der Waals surface area contributed by atoms with Crippen molar-refractivity contribution in [2.75, 3.05) is 6.54 Å². The molecule has 0 unspecified atom stereocenters. The van der Waals surface area contributed by atoms with Crippen LogP contribution in [0.15, 0.2) is 72.1 Å². The molecule has 1 aliphatic rings. The third kappa shape index (κ3) is 2.87. The normalized spacial score (nSPS) is 15.0. The number of rotatable bonds is 5. The van der Waals surface area contributed by atoms with Gasteiger partial charge < -0.3 is 5.32 Å². The van der Waals surface area contributed by atoms with Crippen LogP contribution in [0.3, 0.4) is 0 Å². The Morgan fingerprint density at radius 3 is 2.29 bits per heavy atom. The van der Waals surface area contributed by atoms with E-state index in [0.29, 0.717) is 6.54 Å². The largest absolute Gasteiger partial charge is 0.350 e. The van der Waals surface area contributed by atoms with E-state index >= 15 is 0 Å². The Balaban J connectivity index is 1.50. The zero-order chi connectivity index (χ0) is 16.4. The number of amides is 1. The fraction of sp³-hybridized carbons (Fsp3) is 0.190. The molecule has 2 nitrogen and oxygen atoms in total. The number of hydrogen-bond acceptors (Lipinski definition) is 2. The van der Waals surface area contributed by atoms with Crippen LogP contribution >= 0.6 is 11.3 Å². The van der Waals surface area contributed by atoms with Crippen LogP contribution in [0.2, 0.25) is 0 Å². The molecule has 0 aliphatic heterocycles. The van der Waals surface area contributed by atoms with E-state index in [1.165, 1.54) is 16.9 Å². The Morgan fingerprint density at radius 2 is 1.62 bits per heavy atom. The summed E-state index contributed by atoms with van der Waals surface area (Å²) in [6, 6.07) is 22.6. The minimum Gasteiger partial charge on any atom is -0.350 e. The van der Waals surface area contributed by atoms with Crippen molar-refractivity contribution in [3.05, 3.63) is 82.6 Å². The summed E-state index contributed by atoms with van der Waals surface area (Å²) >= 11 is 1.51. The first-order valence-corrected chi connectivity index (χ1v) is 9.13. The number of carbonyl (C=O) groups excluding carboxylic acids is 1. The van der Waals surface area contributed by atoms with Gasteiger partial charge in [-0.25, -0.2) is 0 Å². The molecule has 1 fully saturated rings. The fourth-order valence-electron chi connectivity index (χ4n) is 3.17. The number of benzene rings is 2. The van der Waals surface area contributed by atoms with Gasteiger partial charge in [-0.2, -0.15) is 0 Å². The monoisotopic (exact) mass is 333 g/mol. The zero-order valence-corrected chi connectivity index (χ0v) is 14.2. The molecule has 0 bridgehead atoms. The highest BCUT2D eigenvalue weighted by Crippen LogP contribution is 2.47. The van der Waals surface area contributed by atoms with E-state index in [9.17, 15) is 4.79 Å². The average Bonchev–Trinajstić information content (AvgIpc) is 3.28. The maximum absolute atomic E-state index is 12.7. The van der Waals surface area contributed by atoms with Crippen LogP contribution in [0.5, 0.6) is 0 Å². The smallest absolute Gasteiger partial charge is 0.262 e. The number of nitrogens with one attached hydrogen (secondary N) is 1. The van der Waals surface area contributed by atoms with Gasteiger partial charge in [0.25, 0.3) is 5.91 Å². The van der Waals surface area contributed by atoms with Gasteiger partial charge in [0.15, 0.2) is 0 Å². The molecule has 1 heterocycles. The van der Waals surface area contributed by atoms with E-state index in [1.807, 2.05) is 47.8 Å². The first-order chi connectivity index (χ1) is 11.8.